The summed E-state index contributed by atoms with van der Waals surface area (Å²) in [4.78, 5) is 13.0. The lowest BCUT2D eigenvalue weighted by Crippen LogP contribution is -2.41. The monoisotopic (exact) mass is 172 g/mol. The van der Waals surface area contributed by atoms with Gasteiger partial charge in [-0.2, -0.15) is 0 Å². The molecule has 1 heterocycles. The van der Waals surface area contributed by atoms with Gasteiger partial charge in [0.1, 0.15) is 0 Å². The van der Waals surface area contributed by atoms with E-state index in [1.165, 1.54) is 0 Å². The number of rotatable bonds is 2. The number of hydrogen-bond donors (Lipinski definition) is 2. The molecule has 0 bridgehead atoms. The number of amides is 1. The molecule has 1 amide bonds. The summed E-state index contributed by atoms with van der Waals surface area (Å²) in [5.74, 6) is 0.0476. The Balaban J connectivity index is 2.21. The Hall–Kier alpha value is -0.610. The first kappa shape index (κ1) is 9.48. The van der Waals surface area contributed by atoms with Crippen LogP contribution in [0.4, 0.5) is 0 Å². The van der Waals surface area contributed by atoms with Crippen molar-refractivity contribution in [2.24, 2.45) is 0 Å². The van der Waals surface area contributed by atoms with E-state index in [-0.39, 0.29) is 12.0 Å². The van der Waals surface area contributed by atoms with Gasteiger partial charge in [-0.25, -0.2) is 0 Å². The molecule has 0 aromatic rings. The molecule has 4 heteroatoms. The van der Waals surface area contributed by atoms with E-state index in [9.17, 15) is 9.90 Å². The first-order valence-electron chi connectivity index (χ1n) is 4.33. The molecule has 0 radical (unpaired) electrons. The van der Waals surface area contributed by atoms with Crippen LogP contribution < -0.4 is 5.32 Å². The van der Waals surface area contributed by atoms with E-state index in [1.807, 2.05) is 0 Å². The summed E-state index contributed by atoms with van der Waals surface area (Å²) in [5, 5.41) is 11.8. The third kappa shape index (κ3) is 2.79. The van der Waals surface area contributed by atoms with Crippen molar-refractivity contribution >= 4 is 5.91 Å². The van der Waals surface area contributed by atoms with Crippen LogP contribution in [0.25, 0.3) is 0 Å². The molecule has 0 aromatic heterocycles. The normalized spacial score (nSPS) is 20.8. The van der Waals surface area contributed by atoms with Crippen molar-refractivity contribution in [3.05, 3.63) is 0 Å². The minimum Gasteiger partial charge on any atom is -0.393 e. The number of aliphatic hydroxyl groups excluding tert-OH is 1. The number of piperidine rings is 1. The minimum absolute atomic E-state index is 0.0476. The Bertz CT molecular complexity index is 153. The summed E-state index contributed by atoms with van der Waals surface area (Å²) in [6, 6.07) is 0. The molecule has 70 valence electrons. The van der Waals surface area contributed by atoms with Crippen LogP contribution in [0.15, 0.2) is 0 Å². The van der Waals surface area contributed by atoms with Crippen molar-refractivity contribution in [1.82, 2.24) is 10.2 Å². The van der Waals surface area contributed by atoms with Crippen molar-refractivity contribution in [2.75, 3.05) is 26.7 Å². The summed E-state index contributed by atoms with van der Waals surface area (Å²) in [7, 11) is 1.64. The van der Waals surface area contributed by atoms with E-state index in [0.29, 0.717) is 6.54 Å². The standard InChI is InChI=1S/C8H16N2O2/c1-9-8(12)6-10-4-2-7(11)3-5-10/h7,11H,2-6H2,1H3,(H,9,12). The first-order valence-corrected chi connectivity index (χ1v) is 4.33. The first-order chi connectivity index (χ1) is 5.72. The molecule has 0 unspecified atom stereocenters. The number of carbonyl (C=O) groups excluding carboxylic acids is 1. The second kappa shape index (κ2) is 4.42. The third-order valence-corrected chi connectivity index (χ3v) is 2.20. The van der Waals surface area contributed by atoms with Gasteiger partial charge in [0.05, 0.1) is 12.6 Å². The Morgan fingerprint density at radius 1 is 1.58 bits per heavy atom. The highest BCUT2D eigenvalue weighted by Gasteiger charge is 2.17. The van der Waals surface area contributed by atoms with Crippen LogP contribution in [-0.2, 0) is 4.79 Å². The van der Waals surface area contributed by atoms with Crippen molar-refractivity contribution in [3.8, 4) is 0 Å². The quantitative estimate of drug-likeness (QED) is 0.573. The lowest BCUT2D eigenvalue weighted by molar-refractivity contribution is -0.122. The van der Waals surface area contributed by atoms with Crippen molar-refractivity contribution in [3.63, 3.8) is 0 Å². The lowest BCUT2D eigenvalue weighted by Gasteiger charge is -2.28. The van der Waals surface area contributed by atoms with Gasteiger partial charge in [-0.1, -0.05) is 0 Å². The molecule has 0 aliphatic carbocycles. The molecule has 1 fully saturated rings. The minimum atomic E-state index is -0.161. The lowest BCUT2D eigenvalue weighted by atomic mass is 10.1. The van der Waals surface area contributed by atoms with Gasteiger partial charge >= 0.3 is 0 Å². The Kier molecular flexibility index (Phi) is 3.49. The molecule has 1 saturated heterocycles. The zero-order valence-electron chi connectivity index (χ0n) is 7.42. The number of aliphatic hydroxyl groups is 1. The average Bonchev–Trinajstić information content (AvgIpc) is 2.09. The highest BCUT2D eigenvalue weighted by Crippen LogP contribution is 2.08. The van der Waals surface area contributed by atoms with E-state index in [4.69, 9.17) is 0 Å². The Morgan fingerprint density at radius 3 is 2.67 bits per heavy atom. The second-order valence-corrected chi connectivity index (χ2v) is 3.18. The van der Waals surface area contributed by atoms with Gasteiger partial charge in [-0.15, -0.1) is 0 Å². The molecule has 0 spiro atoms. The van der Waals surface area contributed by atoms with Crippen LogP contribution in [0.2, 0.25) is 0 Å². The zero-order valence-corrected chi connectivity index (χ0v) is 7.42. The predicted molar refractivity (Wildman–Crippen MR) is 45.7 cm³/mol. The van der Waals surface area contributed by atoms with E-state index in [0.717, 1.165) is 25.9 Å². The average molecular weight is 172 g/mol. The van der Waals surface area contributed by atoms with Gasteiger partial charge in [0, 0.05) is 20.1 Å². The molecule has 1 aliphatic rings. The van der Waals surface area contributed by atoms with Gasteiger partial charge in [0.25, 0.3) is 0 Å². The number of carbonyl (C=O) groups is 1. The SMILES string of the molecule is CNC(=O)CN1CCC(O)CC1. The molecular weight excluding hydrogens is 156 g/mol. The number of likely N-dealkylation sites (N-methyl/N-ethyl adjacent to an activating group) is 1. The van der Waals surface area contributed by atoms with Crippen LogP contribution in [-0.4, -0.2) is 48.7 Å². The van der Waals surface area contributed by atoms with E-state index in [2.05, 4.69) is 10.2 Å². The molecule has 0 atom stereocenters. The summed E-state index contributed by atoms with van der Waals surface area (Å²) < 4.78 is 0. The van der Waals surface area contributed by atoms with Crippen LogP contribution in [0.3, 0.4) is 0 Å². The smallest absolute Gasteiger partial charge is 0.233 e. The maximum Gasteiger partial charge on any atom is 0.233 e. The molecule has 1 rings (SSSR count). The number of nitrogens with one attached hydrogen (secondary N) is 1. The summed E-state index contributed by atoms with van der Waals surface area (Å²) in [6.45, 7) is 2.12. The van der Waals surface area contributed by atoms with Gasteiger partial charge in [-0.3, -0.25) is 9.69 Å². The summed E-state index contributed by atoms with van der Waals surface area (Å²) in [5.41, 5.74) is 0. The zero-order chi connectivity index (χ0) is 8.97. The third-order valence-electron chi connectivity index (χ3n) is 2.20. The second-order valence-electron chi connectivity index (χ2n) is 3.18. The van der Waals surface area contributed by atoms with Gasteiger partial charge in [0.15, 0.2) is 0 Å². The van der Waals surface area contributed by atoms with Crippen LogP contribution in [0, 0.1) is 0 Å². The maximum atomic E-state index is 10.9. The fraction of sp³-hybridized carbons (Fsp3) is 0.875. The topological polar surface area (TPSA) is 52.6 Å². The Morgan fingerprint density at radius 2 is 2.17 bits per heavy atom. The van der Waals surface area contributed by atoms with E-state index < -0.39 is 0 Å². The van der Waals surface area contributed by atoms with Crippen LogP contribution in [0.1, 0.15) is 12.8 Å². The van der Waals surface area contributed by atoms with Crippen molar-refractivity contribution in [2.45, 2.75) is 18.9 Å². The summed E-state index contributed by atoms with van der Waals surface area (Å²) >= 11 is 0. The molecule has 4 nitrogen and oxygen atoms in total. The largest absolute Gasteiger partial charge is 0.393 e. The van der Waals surface area contributed by atoms with E-state index >= 15 is 0 Å². The highest BCUT2D eigenvalue weighted by atomic mass is 16.3. The predicted octanol–water partition coefficient (Wildman–Crippen LogP) is -0.811. The maximum absolute atomic E-state index is 10.9. The molecular formula is C8H16N2O2. The molecule has 0 aromatic carbocycles. The Labute approximate surface area is 72.6 Å². The number of nitrogens with zero attached hydrogens (tertiary/aromatic N) is 1. The molecule has 0 saturated carbocycles. The molecule has 12 heavy (non-hydrogen) atoms. The fourth-order valence-corrected chi connectivity index (χ4v) is 1.36. The molecule has 1 aliphatic heterocycles. The van der Waals surface area contributed by atoms with Crippen LogP contribution >= 0.6 is 0 Å². The van der Waals surface area contributed by atoms with Gasteiger partial charge in [0.2, 0.25) is 5.91 Å². The molecule has 2 N–H and O–H groups in total. The number of hydrogen-bond acceptors (Lipinski definition) is 3. The van der Waals surface area contributed by atoms with Gasteiger partial charge < -0.3 is 10.4 Å². The van der Waals surface area contributed by atoms with Crippen LogP contribution in [0.5, 0.6) is 0 Å². The van der Waals surface area contributed by atoms with E-state index in [1.54, 1.807) is 7.05 Å². The van der Waals surface area contributed by atoms with Gasteiger partial charge in [-0.05, 0) is 12.8 Å². The summed E-state index contributed by atoms with van der Waals surface area (Å²) in [6.07, 6.45) is 1.42. The van der Waals surface area contributed by atoms with Crippen molar-refractivity contribution < 1.29 is 9.90 Å². The number of likely N-dealkylation sites (tertiary alicyclic amines) is 1. The fourth-order valence-electron chi connectivity index (χ4n) is 1.36. The highest BCUT2D eigenvalue weighted by molar-refractivity contribution is 5.77. The van der Waals surface area contributed by atoms with Crippen molar-refractivity contribution in [1.29, 1.82) is 0 Å².